The van der Waals surface area contributed by atoms with Crippen molar-refractivity contribution in [3.63, 3.8) is 0 Å². The molecule has 0 saturated heterocycles. The topological polar surface area (TPSA) is 210 Å². The molecule has 2 unspecified atom stereocenters. The highest BCUT2D eigenvalue weighted by Gasteiger charge is 2.27. The molecule has 2 aliphatic rings. The molecule has 2 fully saturated rings. The number of benzene rings is 2. The number of aromatic carboxylic acids is 1. The summed E-state index contributed by atoms with van der Waals surface area (Å²) in [6.07, 6.45) is 7.80. The minimum absolute atomic E-state index is 0.0524. The Kier molecular flexibility index (Phi) is 13.9. The van der Waals surface area contributed by atoms with Crippen molar-refractivity contribution >= 4 is 35.2 Å². The van der Waals surface area contributed by atoms with E-state index in [0.29, 0.717) is 28.7 Å². The number of pyridine rings is 2. The Labute approximate surface area is 310 Å². The molecule has 0 radical (unpaired) electrons. The Morgan fingerprint density at radius 3 is 1.51 bits per heavy atom. The van der Waals surface area contributed by atoms with E-state index < -0.39 is 11.9 Å². The maximum absolute atomic E-state index is 12.0. The predicted octanol–water partition coefficient (Wildman–Crippen LogP) is 7.42. The number of carbonyl (C=O) groups is 2. The Morgan fingerprint density at radius 1 is 0.717 bits per heavy atom. The number of nitrogens with one attached hydrogen (secondary N) is 2. The van der Waals surface area contributed by atoms with Crippen molar-refractivity contribution in [2.45, 2.75) is 79.3 Å². The molecule has 2 heterocycles. The predicted molar refractivity (Wildman–Crippen MR) is 207 cm³/mol. The Morgan fingerprint density at radius 2 is 1.13 bits per heavy atom. The molecule has 4 aromatic rings. The number of aromatic nitrogens is 2. The molecule has 0 aliphatic heterocycles. The van der Waals surface area contributed by atoms with Crippen LogP contribution in [0.15, 0.2) is 83.4 Å². The van der Waals surface area contributed by atoms with Crippen LogP contribution in [0.5, 0.6) is 0 Å². The second-order valence-electron chi connectivity index (χ2n) is 13.5. The monoisotopic (exact) mass is 722 g/mol. The van der Waals surface area contributed by atoms with Crippen molar-refractivity contribution in [1.82, 2.24) is 9.97 Å². The molecule has 2 saturated carbocycles. The van der Waals surface area contributed by atoms with E-state index >= 15 is 0 Å². The van der Waals surface area contributed by atoms with Crippen molar-refractivity contribution in [3.05, 3.63) is 118 Å². The highest BCUT2D eigenvalue weighted by molar-refractivity contribution is 5.91. The Bertz CT molecular complexity index is 1920. The van der Waals surface area contributed by atoms with Gasteiger partial charge < -0.3 is 37.3 Å². The third-order valence-corrected chi connectivity index (χ3v) is 9.30. The zero-order valence-electron chi connectivity index (χ0n) is 31.1. The first kappa shape index (κ1) is 39.8. The molecular weight excluding hydrogens is 672 g/mol. The van der Waals surface area contributed by atoms with Crippen molar-refractivity contribution in [1.29, 1.82) is 0 Å². The van der Waals surface area contributed by atoms with E-state index in [1.54, 1.807) is 36.7 Å². The zero-order chi connectivity index (χ0) is 38.7. The summed E-state index contributed by atoms with van der Waals surface area (Å²) in [5, 5.41) is 30.2. The number of carbonyl (C=O) groups excluding carboxylic acids is 1. The van der Waals surface area contributed by atoms with Crippen LogP contribution in [0.4, 0.5) is 11.6 Å². The summed E-state index contributed by atoms with van der Waals surface area (Å²) < 4.78 is 0. The van der Waals surface area contributed by atoms with E-state index in [1.165, 1.54) is 11.1 Å². The summed E-state index contributed by atoms with van der Waals surface area (Å²) in [5.41, 5.74) is 18.4. The summed E-state index contributed by atoms with van der Waals surface area (Å²) in [4.78, 5) is 36.5. The highest BCUT2D eigenvalue weighted by Crippen LogP contribution is 2.29. The van der Waals surface area contributed by atoms with E-state index in [1.807, 2.05) is 57.2 Å². The van der Waals surface area contributed by atoms with Crippen molar-refractivity contribution < 1.29 is 24.7 Å². The van der Waals surface area contributed by atoms with Crippen LogP contribution in [-0.2, 0) is 4.84 Å². The number of aryl methyl sites for hydroxylation is 2. The van der Waals surface area contributed by atoms with Gasteiger partial charge in [0.15, 0.2) is 0 Å². The first-order valence-corrected chi connectivity index (χ1v) is 17.6. The standard InChI is InChI=1S/C20H24N4O2.C16H18N2O2.C4H8N2O/c1-12-10-11-22-19(13(12)2)23-14(3)15-4-8-17(9-5-15)20(25)26-24-18(21)16-6-7-16;1-10-8-9-17-15(11(10)2)18-12(3)13-4-6-14(7-5-13)16(19)20;5-4(6-7)3-1-2-3/h4-5,8-11,14,16H,6-7H2,1-3H3,(H2,21,24)(H,22,23);4-9,12H,1-3H3,(H,17,18)(H,19,20);3,7H,1-2H2,(H2,5,6). The van der Waals surface area contributed by atoms with Crippen LogP contribution >= 0.6 is 0 Å². The molecule has 13 heteroatoms. The second-order valence-corrected chi connectivity index (χ2v) is 13.5. The number of carboxylic acid groups (broad SMARTS) is 1. The summed E-state index contributed by atoms with van der Waals surface area (Å²) in [5.74, 6) is 1.77. The van der Waals surface area contributed by atoms with E-state index in [0.717, 1.165) is 59.6 Å². The molecule has 2 aromatic carbocycles. The quantitative estimate of drug-likeness (QED) is 0.0295. The van der Waals surface area contributed by atoms with E-state index in [-0.39, 0.29) is 18.0 Å². The summed E-state index contributed by atoms with van der Waals surface area (Å²) in [7, 11) is 0. The number of carboxylic acids is 1. The molecule has 53 heavy (non-hydrogen) atoms. The van der Waals surface area contributed by atoms with Gasteiger partial charge in [0, 0.05) is 36.3 Å². The summed E-state index contributed by atoms with van der Waals surface area (Å²) in [6, 6.07) is 18.2. The van der Waals surface area contributed by atoms with Crippen LogP contribution < -0.4 is 22.1 Å². The fourth-order valence-electron chi connectivity index (χ4n) is 5.02. The molecule has 8 N–H and O–H groups in total. The molecule has 0 spiro atoms. The number of oxime groups is 2. The number of rotatable bonds is 11. The van der Waals surface area contributed by atoms with Gasteiger partial charge in [0.05, 0.1) is 11.1 Å². The average Bonchev–Trinajstić information content (AvgIpc) is 4.09. The molecule has 6 rings (SSSR count). The van der Waals surface area contributed by atoms with Gasteiger partial charge in [-0.3, -0.25) is 0 Å². The van der Waals surface area contributed by atoms with Gasteiger partial charge in [0.2, 0.25) is 0 Å². The Balaban J connectivity index is 0.000000204. The van der Waals surface area contributed by atoms with Gasteiger partial charge in [-0.1, -0.05) is 34.6 Å². The number of nitrogens with zero attached hydrogens (tertiary/aromatic N) is 4. The lowest BCUT2D eigenvalue weighted by Gasteiger charge is -2.17. The first-order valence-electron chi connectivity index (χ1n) is 17.6. The number of amidine groups is 2. The number of anilines is 2. The molecule has 2 atom stereocenters. The molecule has 13 nitrogen and oxygen atoms in total. The highest BCUT2D eigenvalue weighted by atomic mass is 16.7. The minimum Gasteiger partial charge on any atom is -0.478 e. The summed E-state index contributed by atoms with van der Waals surface area (Å²) >= 11 is 0. The molecule has 0 bridgehead atoms. The van der Waals surface area contributed by atoms with Crippen LogP contribution in [0.2, 0.25) is 0 Å². The van der Waals surface area contributed by atoms with Gasteiger partial charge in [0.25, 0.3) is 0 Å². The van der Waals surface area contributed by atoms with Gasteiger partial charge in [-0.05, 0) is 137 Å². The molecule has 280 valence electrons. The van der Waals surface area contributed by atoms with Gasteiger partial charge >= 0.3 is 11.9 Å². The van der Waals surface area contributed by atoms with Gasteiger partial charge in [-0.2, -0.15) is 0 Å². The van der Waals surface area contributed by atoms with Crippen LogP contribution in [0, 0.1) is 39.5 Å². The van der Waals surface area contributed by atoms with Crippen molar-refractivity contribution in [3.8, 4) is 0 Å². The Hall–Kier alpha value is -5.98. The van der Waals surface area contributed by atoms with Crippen LogP contribution in [0.3, 0.4) is 0 Å². The van der Waals surface area contributed by atoms with Crippen LogP contribution in [0.1, 0.15) is 106 Å². The van der Waals surface area contributed by atoms with E-state index in [9.17, 15) is 9.59 Å². The lowest BCUT2D eigenvalue weighted by atomic mass is 10.1. The van der Waals surface area contributed by atoms with Crippen LogP contribution in [-0.4, -0.2) is 43.9 Å². The third-order valence-electron chi connectivity index (χ3n) is 9.30. The van der Waals surface area contributed by atoms with Gasteiger partial charge in [-0.25, -0.2) is 19.6 Å². The van der Waals surface area contributed by atoms with Gasteiger partial charge in [0.1, 0.15) is 23.3 Å². The lowest BCUT2D eigenvalue weighted by molar-refractivity contribution is 0.0513. The molecule has 0 amide bonds. The minimum atomic E-state index is -0.909. The zero-order valence-corrected chi connectivity index (χ0v) is 31.1. The maximum Gasteiger partial charge on any atom is 0.365 e. The molecule has 2 aromatic heterocycles. The second kappa shape index (κ2) is 18.5. The largest absolute Gasteiger partial charge is 0.478 e. The SMILES string of the molecule is Cc1ccnc(NC(C)c2ccc(C(=O)O)cc2)c1C.Cc1ccnc(NC(C)c2ccc(C(=O)O/N=C(\N)C3CC3)cc2)c1C.N/C(=N\O)C1CC1. The van der Waals surface area contributed by atoms with Crippen molar-refractivity contribution in [2.24, 2.45) is 33.6 Å². The number of hydrogen-bond donors (Lipinski definition) is 6. The third kappa shape index (κ3) is 11.8. The summed E-state index contributed by atoms with van der Waals surface area (Å²) in [6.45, 7) is 12.3. The average molecular weight is 723 g/mol. The normalized spacial score (nSPS) is 15.1. The van der Waals surface area contributed by atoms with Crippen molar-refractivity contribution in [2.75, 3.05) is 10.6 Å². The van der Waals surface area contributed by atoms with E-state index in [4.69, 9.17) is 26.6 Å². The van der Waals surface area contributed by atoms with E-state index in [2.05, 4.69) is 51.7 Å². The maximum atomic E-state index is 12.0. The fraction of sp³-hybridized carbons (Fsp3) is 0.350. The fourth-order valence-corrected chi connectivity index (χ4v) is 5.02. The van der Waals surface area contributed by atoms with Crippen LogP contribution in [0.25, 0.3) is 0 Å². The van der Waals surface area contributed by atoms with Gasteiger partial charge in [-0.15, -0.1) is 0 Å². The smallest absolute Gasteiger partial charge is 0.365 e. The molecular formula is C40H50N8O5. The number of nitrogens with two attached hydrogens (primary N) is 2. The lowest BCUT2D eigenvalue weighted by Crippen LogP contribution is -2.15. The molecule has 2 aliphatic carbocycles. The number of hydrogen-bond acceptors (Lipinski definition) is 10. The first-order chi connectivity index (χ1) is 25.3.